The van der Waals surface area contributed by atoms with Gasteiger partial charge >= 0.3 is 0 Å². The molecule has 7 nitrogen and oxygen atoms in total. The number of nitrogens with zero attached hydrogens (tertiary/aromatic N) is 2. The van der Waals surface area contributed by atoms with Gasteiger partial charge in [-0.15, -0.1) is 53.2 Å². The van der Waals surface area contributed by atoms with E-state index in [1.807, 2.05) is 0 Å². The fraction of sp³-hybridized carbons (Fsp3) is 0.600. The van der Waals surface area contributed by atoms with Crippen LogP contribution in [0, 0.1) is 0 Å². The molecular formula is C10H15B2I2N3O4P2. The Kier molecular flexibility index (Phi) is 7.72. The predicted octanol–water partition coefficient (Wildman–Crippen LogP) is -0.0741. The molecule has 2 aliphatic rings. The predicted molar refractivity (Wildman–Crippen MR) is 112 cm³/mol. The summed E-state index contributed by atoms with van der Waals surface area (Å²) in [6.45, 7) is 0.0641. The normalized spacial score (nSPS) is 25.3. The Morgan fingerprint density at radius 2 is 1.74 bits per heavy atom. The van der Waals surface area contributed by atoms with Crippen molar-refractivity contribution in [2.24, 2.45) is 0 Å². The Balaban J connectivity index is 1.86. The Bertz CT molecular complexity index is 542. The van der Waals surface area contributed by atoms with Gasteiger partial charge in [-0.25, -0.2) is 0 Å². The van der Waals surface area contributed by atoms with Crippen LogP contribution in [-0.2, 0) is 19.2 Å². The molecule has 124 valence electrons. The molecule has 2 fully saturated rings. The van der Waals surface area contributed by atoms with Crippen LogP contribution in [0.5, 0.6) is 0 Å². The topological polar surface area (TPSA) is 86.8 Å². The molecule has 2 heterocycles. The molecule has 13 heteroatoms. The van der Waals surface area contributed by atoms with E-state index in [0.717, 1.165) is 9.76 Å². The van der Waals surface area contributed by atoms with Crippen molar-refractivity contribution in [3.8, 4) is 0 Å². The zero-order valence-electron chi connectivity index (χ0n) is 12.1. The zero-order valence-corrected chi connectivity index (χ0v) is 18.6. The lowest BCUT2D eigenvalue weighted by atomic mass is 9.84. The van der Waals surface area contributed by atoms with Crippen molar-refractivity contribution in [3.05, 3.63) is 0 Å². The minimum absolute atomic E-state index is 0.00538. The van der Waals surface area contributed by atoms with E-state index in [9.17, 15) is 19.2 Å². The van der Waals surface area contributed by atoms with Gasteiger partial charge in [0.15, 0.2) is 0 Å². The number of imide groups is 2. The van der Waals surface area contributed by atoms with E-state index in [1.54, 1.807) is 0 Å². The molecule has 0 radical (unpaired) electrons. The average Bonchev–Trinajstić information content (AvgIpc) is 2.91. The lowest BCUT2D eigenvalue weighted by Gasteiger charge is -2.20. The van der Waals surface area contributed by atoms with Crippen molar-refractivity contribution in [3.63, 3.8) is 0 Å². The fourth-order valence-corrected chi connectivity index (χ4v) is 5.79. The lowest BCUT2D eigenvalue weighted by molar-refractivity contribution is -0.139. The molecular weight excluding hydrogens is 564 g/mol. The summed E-state index contributed by atoms with van der Waals surface area (Å²) in [7, 11) is 2.98. The maximum Gasteiger partial charge on any atom is 0.252 e. The van der Waals surface area contributed by atoms with Crippen LogP contribution in [0.2, 0.25) is 5.82 Å². The van der Waals surface area contributed by atoms with Gasteiger partial charge in [-0.3, -0.25) is 34.3 Å². The second kappa shape index (κ2) is 8.87. The monoisotopic (exact) mass is 579 g/mol. The van der Waals surface area contributed by atoms with Gasteiger partial charge < -0.3 is 0 Å². The summed E-state index contributed by atoms with van der Waals surface area (Å²) in [5.41, 5.74) is -0.211. The summed E-state index contributed by atoms with van der Waals surface area (Å²) in [5, 5.41) is 2.87. The van der Waals surface area contributed by atoms with Crippen molar-refractivity contribution in [2.45, 2.75) is 24.3 Å². The minimum Gasteiger partial charge on any atom is -0.281 e. The van der Waals surface area contributed by atoms with Crippen LogP contribution in [0.25, 0.3) is 0 Å². The largest absolute Gasteiger partial charge is 0.281 e. The van der Waals surface area contributed by atoms with Gasteiger partial charge in [0.1, 0.15) is 0 Å². The smallest absolute Gasteiger partial charge is 0.252 e. The minimum atomic E-state index is -0.320. The molecule has 0 aromatic carbocycles. The average molecular weight is 579 g/mol. The first-order chi connectivity index (χ1) is 10.9. The van der Waals surface area contributed by atoms with Gasteiger partial charge in [0, 0.05) is 18.7 Å². The number of carbonyl (C=O) groups is 4. The van der Waals surface area contributed by atoms with Gasteiger partial charge in [-0.05, 0) is 0 Å². The summed E-state index contributed by atoms with van der Waals surface area (Å²) in [6.07, 6.45) is 0.466. The highest BCUT2D eigenvalue weighted by Crippen LogP contribution is 2.33. The van der Waals surface area contributed by atoms with Crippen LogP contribution < -0.4 is 5.32 Å². The number of nitrogens with one attached hydrogen (secondary N) is 1. The molecule has 2 aliphatic heterocycles. The second-order valence-electron chi connectivity index (χ2n) is 5.24. The van der Waals surface area contributed by atoms with Crippen LogP contribution in [0.15, 0.2) is 0 Å². The maximum atomic E-state index is 12.2. The highest BCUT2D eigenvalue weighted by molar-refractivity contribution is 14.1. The van der Waals surface area contributed by atoms with Crippen LogP contribution in [0.1, 0.15) is 12.8 Å². The van der Waals surface area contributed by atoms with Crippen LogP contribution in [-0.4, -0.2) is 61.6 Å². The number of likely N-dealkylation sites (tertiary alicyclic amines) is 2. The first kappa shape index (κ1) is 20.0. The number of amides is 4. The number of halogens is 2. The number of hydrogen-bond donors (Lipinski definition) is 1. The number of rotatable bonds is 7. The van der Waals surface area contributed by atoms with Crippen molar-refractivity contribution >= 4 is 95.1 Å². The number of hydrogen-bond acceptors (Lipinski definition) is 5. The molecule has 2 saturated heterocycles. The zero-order chi connectivity index (χ0) is 17.1. The van der Waals surface area contributed by atoms with E-state index in [4.69, 9.17) is 0 Å². The van der Waals surface area contributed by atoms with Crippen LogP contribution in [0.4, 0.5) is 0 Å². The van der Waals surface area contributed by atoms with Crippen LogP contribution in [0.3, 0.4) is 0 Å². The fourth-order valence-electron chi connectivity index (χ4n) is 2.50. The van der Waals surface area contributed by atoms with Crippen molar-refractivity contribution in [1.82, 2.24) is 15.1 Å². The van der Waals surface area contributed by atoms with Gasteiger partial charge in [-0.1, -0.05) is 0 Å². The van der Waals surface area contributed by atoms with Crippen LogP contribution >= 0.6 is 62.3 Å². The first-order valence-electron chi connectivity index (χ1n) is 6.95. The molecule has 0 bridgehead atoms. The molecule has 0 aromatic heterocycles. The molecule has 4 unspecified atom stereocenters. The van der Waals surface area contributed by atoms with E-state index in [-0.39, 0.29) is 65.6 Å². The Morgan fingerprint density at radius 1 is 1.17 bits per heavy atom. The van der Waals surface area contributed by atoms with E-state index in [0.29, 0.717) is 8.46 Å². The van der Waals surface area contributed by atoms with E-state index in [1.165, 1.54) is 4.90 Å². The van der Waals surface area contributed by atoms with Gasteiger partial charge in [0.05, 0.1) is 19.0 Å². The lowest BCUT2D eigenvalue weighted by Crippen LogP contribution is -2.45. The Labute approximate surface area is 166 Å². The maximum absolute atomic E-state index is 12.2. The Hall–Kier alpha value is 0.690. The molecule has 1 N–H and O–H groups in total. The third-order valence-corrected chi connectivity index (χ3v) is 7.52. The highest BCUT2D eigenvalue weighted by Gasteiger charge is 2.42. The highest BCUT2D eigenvalue weighted by atomic mass is 127. The molecule has 2 rings (SSSR count). The molecule has 4 atom stereocenters. The molecule has 0 saturated carbocycles. The van der Waals surface area contributed by atoms with Crippen molar-refractivity contribution in [2.75, 3.05) is 13.3 Å². The molecule has 0 aliphatic carbocycles. The van der Waals surface area contributed by atoms with Gasteiger partial charge in [0.2, 0.25) is 28.5 Å². The van der Waals surface area contributed by atoms with E-state index < -0.39 is 0 Å². The Morgan fingerprint density at radius 3 is 2.26 bits per heavy atom. The van der Waals surface area contributed by atoms with Gasteiger partial charge in [-0.2, -0.15) is 9.12 Å². The molecule has 0 aromatic rings. The SMILES string of the molecule is O=C1CC(PBI)C(=O)N1CNCN1C(=O)CC(B(P)I)C1=O. The standard InChI is InChI=1S/C10H15B2I2N3O4P2/c13-11-23-6-2-8(19)17(10(6)21)4-15-3-16-7(18)1-5(9(16)20)12(14)22/h5-6,11,15,23H,1-4,22H2. The third-order valence-electron chi connectivity index (χ3n) is 3.77. The number of carbonyl (C=O) groups excluding carboxylic acids is 4. The second-order valence-corrected chi connectivity index (χ2v) is 12.4. The van der Waals surface area contributed by atoms with Crippen molar-refractivity contribution in [1.29, 1.82) is 0 Å². The molecule has 0 spiro atoms. The van der Waals surface area contributed by atoms with Gasteiger partial charge in [0.25, 0.3) is 4.29 Å². The third kappa shape index (κ3) is 4.65. The van der Waals surface area contributed by atoms with E-state index in [2.05, 4.69) is 59.2 Å². The molecule has 4 amide bonds. The molecule has 23 heavy (non-hydrogen) atoms. The van der Waals surface area contributed by atoms with E-state index >= 15 is 0 Å². The summed E-state index contributed by atoms with van der Waals surface area (Å²) >= 11 is 4.31. The summed E-state index contributed by atoms with van der Waals surface area (Å²) in [4.78, 5) is 51.3. The van der Waals surface area contributed by atoms with Crippen molar-refractivity contribution < 1.29 is 19.2 Å². The summed E-state index contributed by atoms with van der Waals surface area (Å²) in [5.74, 6) is -1.11. The summed E-state index contributed by atoms with van der Waals surface area (Å²) < 4.78 is 0.00538. The summed E-state index contributed by atoms with van der Waals surface area (Å²) in [6, 6.07) is 0. The quantitative estimate of drug-likeness (QED) is 0.198. The first-order valence-corrected chi connectivity index (χ1v) is 11.7.